The van der Waals surface area contributed by atoms with Gasteiger partial charge in [-0.3, -0.25) is 0 Å². The lowest BCUT2D eigenvalue weighted by atomic mass is 10.0. The van der Waals surface area contributed by atoms with Gasteiger partial charge in [-0.15, -0.1) is 0 Å². The lowest BCUT2D eigenvalue weighted by Gasteiger charge is -2.07. The molecule has 0 unspecified atom stereocenters. The van der Waals surface area contributed by atoms with Crippen LogP contribution in [0.3, 0.4) is 0 Å². The van der Waals surface area contributed by atoms with Crippen LogP contribution in [-0.2, 0) is 0 Å². The molecule has 112 valence electrons. The maximum atomic E-state index is 6.30. The highest BCUT2D eigenvalue weighted by Crippen LogP contribution is 2.28. The van der Waals surface area contributed by atoms with Crippen molar-refractivity contribution in [3.63, 3.8) is 0 Å². The first-order valence-electron chi connectivity index (χ1n) is 7.21. The van der Waals surface area contributed by atoms with Crippen LogP contribution in [-0.4, -0.2) is 9.97 Å². The molecule has 2 nitrogen and oxygen atoms in total. The first kappa shape index (κ1) is 15.2. The normalized spacial score (nSPS) is 11.4. The molecule has 3 aromatic rings. The smallest absolute Gasteiger partial charge is 0.156 e. The quantitative estimate of drug-likeness (QED) is 0.576. The lowest BCUT2D eigenvalue weighted by Crippen LogP contribution is -1.91. The summed E-state index contributed by atoms with van der Waals surface area (Å²) in [5.41, 5.74) is 5.31. The fourth-order valence-electron chi connectivity index (χ4n) is 2.39. The second kappa shape index (κ2) is 6.59. The Morgan fingerprint density at radius 3 is 2.17 bits per heavy atom. The van der Waals surface area contributed by atoms with Gasteiger partial charge in [0.1, 0.15) is 5.69 Å². The van der Waals surface area contributed by atoms with Crippen molar-refractivity contribution in [3.05, 3.63) is 90.6 Å². The molecule has 0 spiro atoms. The highest BCUT2D eigenvalue weighted by molar-refractivity contribution is 6.32. The summed E-state index contributed by atoms with van der Waals surface area (Å²) in [6.45, 7) is 7.55. The molecule has 0 saturated heterocycles. The molecule has 0 radical (unpaired) electrons. The van der Waals surface area contributed by atoms with Crippen molar-refractivity contribution in [3.8, 4) is 11.3 Å². The van der Waals surface area contributed by atoms with Gasteiger partial charge in [-0.1, -0.05) is 79.4 Å². The standard InChI is InChI=1S/C20H15ClN2/c1-3-7-14(4-2)15-10-12-16(13-11-15)19-20(21)23-18-9-6-5-8-17(18)22-19/h3-13H,1-2H2/b14-7+. The zero-order chi connectivity index (χ0) is 16.2. The summed E-state index contributed by atoms with van der Waals surface area (Å²) in [4.78, 5) is 9.05. The first-order chi connectivity index (χ1) is 11.2. The summed E-state index contributed by atoms with van der Waals surface area (Å²) in [7, 11) is 0. The third-order valence-corrected chi connectivity index (χ3v) is 3.80. The van der Waals surface area contributed by atoms with E-state index < -0.39 is 0 Å². The van der Waals surface area contributed by atoms with Crippen molar-refractivity contribution < 1.29 is 0 Å². The SMILES string of the molecule is C=C/C=C(\C=C)c1ccc(-c2nc3ccccc3nc2Cl)cc1. The molecule has 1 aromatic heterocycles. The van der Waals surface area contributed by atoms with Gasteiger partial charge in [0.2, 0.25) is 0 Å². The van der Waals surface area contributed by atoms with Crippen LogP contribution in [0.4, 0.5) is 0 Å². The van der Waals surface area contributed by atoms with E-state index in [1.54, 1.807) is 12.2 Å². The molecule has 2 aromatic carbocycles. The maximum absolute atomic E-state index is 6.30. The maximum Gasteiger partial charge on any atom is 0.156 e. The zero-order valence-corrected chi connectivity index (χ0v) is 13.3. The molecule has 0 aliphatic heterocycles. The largest absolute Gasteiger partial charge is 0.243 e. The number of halogens is 1. The van der Waals surface area contributed by atoms with E-state index in [9.17, 15) is 0 Å². The summed E-state index contributed by atoms with van der Waals surface area (Å²) in [6, 6.07) is 15.7. The molecule has 3 rings (SSSR count). The van der Waals surface area contributed by atoms with Crippen molar-refractivity contribution in [2.75, 3.05) is 0 Å². The van der Waals surface area contributed by atoms with Crippen molar-refractivity contribution in [2.45, 2.75) is 0 Å². The molecule has 0 N–H and O–H groups in total. The third-order valence-electron chi connectivity index (χ3n) is 3.54. The minimum atomic E-state index is 0.405. The second-order valence-corrected chi connectivity index (χ2v) is 5.35. The predicted molar refractivity (Wildman–Crippen MR) is 98.4 cm³/mol. The van der Waals surface area contributed by atoms with E-state index in [0.717, 1.165) is 27.7 Å². The molecule has 0 saturated carbocycles. The molecular formula is C20H15ClN2. The van der Waals surface area contributed by atoms with Crippen LogP contribution in [0.2, 0.25) is 5.15 Å². The Kier molecular flexibility index (Phi) is 4.35. The van der Waals surface area contributed by atoms with E-state index >= 15 is 0 Å². The van der Waals surface area contributed by atoms with Gasteiger partial charge in [-0.25, -0.2) is 9.97 Å². The number of benzene rings is 2. The Labute approximate surface area is 140 Å². The Morgan fingerprint density at radius 1 is 0.913 bits per heavy atom. The number of fused-ring (bicyclic) bond motifs is 1. The fraction of sp³-hybridized carbons (Fsp3) is 0. The predicted octanol–water partition coefficient (Wildman–Crippen LogP) is 5.71. The van der Waals surface area contributed by atoms with E-state index in [1.165, 1.54) is 0 Å². The van der Waals surface area contributed by atoms with Crippen LogP contribution < -0.4 is 0 Å². The summed E-state index contributed by atoms with van der Waals surface area (Å²) in [5, 5.41) is 0.405. The van der Waals surface area contributed by atoms with Gasteiger partial charge in [0.15, 0.2) is 5.15 Å². The van der Waals surface area contributed by atoms with Crippen LogP contribution in [0, 0.1) is 0 Å². The molecule has 0 bridgehead atoms. The number of allylic oxidation sites excluding steroid dienone is 4. The minimum absolute atomic E-state index is 0.405. The van der Waals surface area contributed by atoms with E-state index in [4.69, 9.17) is 11.6 Å². The molecule has 1 heterocycles. The summed E-state index contributed by atoms with van der Waals surface area (Å²) >= 11 is 6.30. The average molecular weight is 319 g/mol. The molecular weight excluding hydrogens is 304 g/mol. The van der Waals surface area contributed by atoms with Crippen LogP contribution in [0.15, 0.2) is 79.9 Å². The van der Waals surface area contributed by atoms with Crippen LogP contribution >= 0.6 is 11.6 Å². The molecule has 0 atom stereocenters. The van der Waals surface area contributed by atoms with Crippen LogP contribution in [0.25, 0.3) is 27.9 Å². The van der Waals surface area contributed by atoms with E-state index in [-0.39, 0.29) is 0 Å². The monoisotopic (exact) mass is 318 g/mol. The minimum Gasteiger partial charge on any atom is -0.243 e. The molecule has 0 amide bonds. The van der Waals surface area contributed by atoms with E-state index in [0.29, 0.717) is 10.8 Å². The van der Waals surface area contributed by atoms with Gasteiger partial charge in [-0.05, 0) is 23.3 Å². The van der Waals surface area contributed by atoms with Crippen molar-refractivity contribution in [2.24, 2.45) is 0 Å². The van der Waals surface area contributed by atoms with E-state index in [2.05, 4.69) is 23.1 Å². The molecule has 0 aliphatic rings. The third kappa shape index (κ3) is 3.08. The second-order valence-electron chi connectivity index (χ2n) is 4.99. The Morgan fingerprint density at radius 2 is 1.57 bits per heavy atom. The molecule has 3 heteroatoms. The summed E-state index contributed by atoms with van der Waals surface area (Å²) in [6.07, 6.45) is 5.47. The van der Waals surface area contributed by atoms with Crippen molar-refractivity contribution in [1.29, 1.82) is 0 Å². The van der Waals surface area contributed by atoms with Crippen molar-refractivity contribution >= 4 is 28.2 Å². The Balaban J connectivity index is 2.05. The number of para-hydroxylation sites is 2. The summed E-state index contributed by atoms with van der Waals surface area (Å²) in [5.74, 6) is 0. The van der Waals surface area contributed by atoms with Gasteiger partial charge >= 0.3 is 0 Å². The number of nitrogens with zero attached hydrogens (tertiary/aromatic N) is 2. The average Bonchev–Trinajstić information content (AvgIpc) is 2.59. The van der Waals surface area contributed by atoms with Crippen molar-refractivity contribution in [1.82, 2.24) is 9.97 Å². The van der Waals surface area contributed by atoms with E-state index in [1.807, 2.05) is 54.6 Å². The van der Waals surface area contributed by atoms with Crippen LogP contribution in [0.1, 0.15) is 5.56 Å². The topological polar surface area (TPSA) is 25.8 Å². The van der Waals surface area contributed by atoms with Gasteiger partial charge < -0.3 is 0 Å². The molecule has 23 heavy (non-hydrogen) atoms. The molecule has 0 aliphatic carbocycles. The lowest BCUT2D eigenvalue weighted by molar-refractivity contribution is 1.29. The van der Waals surface area contributed by atoms with Gasteiger partial charge in [0, 0.05) is 5.56 Å². The number of aromatic nitrogens is 2. The number of hydrogen-bond donors (Lipinski definition) is 0. The fourth-order valence-corrected chi connectivity index (χ4v) is 2.63. The highest BCUT2D eigenvalue weighted by atomic mass is 35.5. The first-order valence-corrected chi connectivity index (χ1v) is 7.59. The number of hydrogen-bond acceptors (Lipinski definition) is 2. The van der Waals surface area contributed by atoms with Gasteiger partial charge in [0.25, 0.3) is 0 Å². The Hall–Kier alpha value is -2.71. The van der Waals surface area contributed by atoms with Gasteiger partial charge in [-0.2, -0.15) is 0 Å². The van der Waals surface area contributed by atoms with Crippen LogP contribution in [0.5, 0.6) is 0 Å². The number of rotatable bonds is 4. The Bertz CT molecular complexity index is 909. The highest BCUT2D eigenvalue weighted by Gasteiger charge is 2.09. The van der Waals surface area contributed by atoms with Gasteiger partial charge in [0.05, 0.1) is 11.0 Å². The summed E-state index contributed by atoms with van der Waals surface area (Å²) < 4.78 is 0. The molecule has 0 fully saturated rings. The zero-order valence-electron chi connectivity index (χ0n) is 12.5.